The predicted molar refractivity (Wildman–Crippen MR) is 68.1 cm³/mol. The number of halogens is 1. The van der Waals surface area contributed by atoms with Crippen LogP contribution in [0.1, 0.15) is 13.3 Å². The minimum Gasteiger partial charge on any atom is -0.492 e. The first-order chi connectivity index (χ1) is 7.72. The molecule has 0 saturated carbocycles. The zero-order valence-electron chi connectivity index (χ0n) is 9.58. The molecule has 0 aliphatic carbocycles. The summed E-state index contributed by atoms with van der Waals surface area (Å²) in [5.41, 5.74) is 5.46. The molecule has 16 heavy (non-hydrogen) atoms. The predicted octanol–water partition coefficient (Wildman–Crippen LogP) is 2.05. The van der Waals surface area contributed by atoms with Crippen molar-refractivity contribution in [1.29, 1.82) is 0 Å². The normalized spacial score (nSPS) is 12.4. The fourth-order valence-corrected chi connectivity index (χ4v) is 1.48. The van der Waals surface area contributed by atoms with E-state index in [-0.39, 0.29) is 0 Å². The summed E-state index contributed by atoms with van der Waals surface area (Å²) in [6.07, 6.45) is 0.987. The summed E-state index contributed by atoms with van der Waals surface area (Å²) >= 11 is 5.77. The van der Waals surface area contributed by atoms with E-state index in [4.69, 9.17) is 22.1 Å². The summed E-state index contributed by atoms with van der Waals surface area (Å²) in [4.78, 5) is 0. The smallest absolute Gasteiger partial charge is 0.119 e. The SMILES string of the molecule is CC(CCN)NCCOc1ccc(Cl)cc1. The molecule has 0 fully saturated rings. The third-order valence-corrected chi connectivity index (χ3v) is 2.53. The van der Waals surface area contributed by atoms with Crippen LogP contribution in [-0.4, -0.2) is 25.7 Å². The fraction of sp³-hybridized carbons (Fsp3) is 0.500. The third-order valence-electron chi connectivity index (χ3n) is 2.28. The van der Waals surface area contributed by atoms with Crippen LogP contribution in [0.5, 0.6) is 5.75 Å². The summed E-state index contributed by atoms with van der Waals surface area (Å²) in [6.45, 7) is 4.31. The summed E-state index contributed by atoms with van der Waals surface area (Å²) < 4.78 is 5.54. The van der Waals surface area contributed by atoms with Gasteiger partial charge in [0.25, 0.3) is 0 Å². The molecule has 3 N–H and O–H groups in total. The second-order valence-corrected chi connectivity index (χ2v) is 4.17. The Morgan fingerprint density at radius 2 is 2.06 bits per heavy atom. The number of rotatable bonds is 7. The van der Waals surface area contributed by atoms with Crippen LogP contribution in [0.4, 0.5) is 0 Å². The van der Waals surface area contributed by atoms with Gasteiger partial charge >= 0.3 is 0 Å². The molecule has 0 radical (unpaired) electrons. The van der Waals surface area contributed by atoms with Crippen molar-refractivity contribution in [3.05, 3.63) is 29.3 Å². The summed E-state index contributed by atoms with van der Waals surface area (Å²) in [7, 11) is 0. The van der Waals surface area contributed by atoms with Crippen molar-refractivity contribution in [2.45, 2.75) is 19.4 Å². The van der Waals surface area contributed by atoms with Gasteiger partial charge in [-0.3, -0.25) is 0 Å². The van der Waals surface area contributed by atoms with Gasteiger partial charge in [-0.1, -0.05) is 11.6 Å². The second-order valence-electron chi connectivity index (χ2n) is 3.73. The van der Waals surface area contributed by atoms with Gasteiger partial charge in [-0.2, -0.15) is 0 Å². The molecule has 0 saturated heterocycles. The van der Waals surface area contributed by atoms with Gasteiger partial charge < -0.3 is 15.8 Å². The maximum Gasteiger partial charge on any atom is 0.119 e. The van der Waals surface area contributed by atoms with E-state index in [9.17, 15) is 0 Å². The van der Waals surface area contributed by atoms with Crippen molar-refractivity contribution in [2.75, 3.05) is 19.7 Å². The van der Waals surface area contributed by atoms with Crippen LogP contribution in [-0.2, 0) is 0 Å². The van der Waals surface area contributed by atoms with Gasteiger partial charge in [-0.15, -0.1) is 0 Å². The standard InChI is InChI=1S/C12H19ClN2O/c1-10(6-7-14)15-8-9-16-12-4-2-11(13)3-5-12/h2-5,10,15H,6-9,14H2,1H3. The van der Waals surface area contributed by atoms with Crippen molar-refractivity contribution in [3.8, 4) is 5.75 Å². The van der Waals surface area contributed by atoms with E-state index in [1.165, 1.54) is 0 Å². The Morgan fingerprint density at radius 1 is 1.38 bits per heavy atom. The third kappa shape index (κ3) is 5.35. The molecule has 1 aromatic carbocycles. The number of hydrogen-bond acceptors (Lipinski definition) is 3. The van der Waals surface area contributed by atoms with Gasteiger partial charge in [-0.25, -0.2) is 0 Å². The number of nitrogens with two attached hydrogens (primary N) is 1. The fourth-order valence-electron chi connectivity index (χ4n) is 1.36. The molecule has 3 nitrogen and oxygen atoms in total. The minimum absolute atomic E-state index is 0.443. The number of hydrogen-bond donors (Lipinski definition) is 2. The zero-order valence-corrected chi connectivity index (χ0v) is 10.3. The Hall–Kier alpha value is -0.770. The first-order valence-corrected chi connectivity index (χ1v) is 5.92. The van der Waals surface area contributed by atoms with E-state index in [2.05, 4.69) is 12.2 Å². The molecule has 0 aliphatic rings. The summed E-state index contributed by atoms with van der Waals surface area (Å²) in [5, 5.41) is 4.06. The first kappa shape index (κ1) is 13.3. The molecular formula is C12H19ClN2O. The zero-order chi connectivity index (χ0) is 11.8. The van der Waals surface area contributed by atoms with Gasteiger partial charge in [-0.05, 0) is 44.2 Å². The van der Waals surface area contributed by atoms with Crippen LogP contribution < -0.4 is 15.8 Å². The Balaban J connectivity index is 2.13. The van der Waals surface area contributed by atoms with Crippen LogP contribution in [0.25, 0.3) is 0 Å². The highest BCUT2D eigenvalue weighted by Gasteiger charge is 1.99. The van der Waals surface area contributed by atoms with Gasteiger partial charge in [0.05, 0.1) is 0 Å². The Labute approximate surface area is 102 Å². The van der Waals surface area contributed by atoms with Crippen LogP contribution in [0.2, 0.25) is 5.02 Å². The van der Waals surface area contributed by atoms with Gasteiger partial charge in [0, 0.05) is 17.6 Å². The van der Waals surface area contributed by atoms with Crippen molar-refractivity contribution in [3.63, 3.8) is 0 Å². The van der Waals surface area contributed by atoms with Crippen molar-refractivity contribution in [2.24, 2.45) is 5.73 Å². The topological polar surface area (TPSA) is 47.3 Å². The molecule has 90 valence electrons. The van der Waals surface area contributed by atoms with Crippen molar-refractivity contribution < 1.29 is 4.74 Å². The lowest BCUT2D eigenvalue weighted by molar-refractivity contribution is 0.305. The van der Waals surface area contributed by atoms with Crippen LogP contribution in [0, 0.1) is 0 Å². The van der Waals surface area contributed by atoms with Crippen LogP contribution >= 0.6 is 11.6 Å². The van der Waals surface area contributed by atoms with E-state index in [1.54, 1.807) is 0 Å². The molecule has 1 aromatic rings. The monoisotopic (exact) mass is 242 g/mol. The van der Waals surface area contributed by atoms with Crippen LogP contribution in [0.3, 0.4) is 0 Å². The van der Waals surface area contributed by atoms with E-state index >= 15 is 0 Å². The quantitative estimate of drug-likeness (QED) is 0.720. The Bertz CT molecular complexity index is 290. The Kier molecular flexibility index (Phi) is 6.23. The molecule has 1 atom stereocenters. The first-order valence-electron chi connectivity index (χ1n) is 5.54. The molecular weight excluding hydrogens is 224 g/mol. The minimum atomic E-state index is 0.443. The van der Waals surface area contributed by atoms with E-state index in [1.807, 2.05) is 24.3 Å². The van der Waals surface area contributed by atoms with Gasteiger partial charge in [0.15, 0.2) is 0 Å². The molecule has 0 bridgehead atoms. The van der Waals surface area contributed by atoms with Gasteiger partial charge in [0.2, 0.25) is 0 Å². The molecule has 0 amide bonds. The highest BCUT2D eigenvalue weighted by molar-refractivity contribution is 6.30. The largest absolute Gasteiger partial charge is 0.492 e. The molecule has 0 spiro atoms. The number of benzene rings is 1. The lowest BCUT2D eigenvalue weighted by atomic mass is 10.2. The Morgan fingerprint density at radius 3 is 2.69 bits per heavy atom. The van der Waals surface area contributed by atoms with E-state index in [0.717, 1.165) is 23.7 Å². The van der Waals surface area contributed by atoms with Gasteiger partial charge in [0.1, 0.15) is 12.4 Å². The molecule has 4 heteroatoms. The highest BCUT2D eigenvalue weighted by atomic mass is 35.5. The van der Waals surface area contributed by atoms with Crippen LogP contribution in [0.15, 0.2) is 24.3 Å². The maximum absolute atomic E-state index is 5.77. The number of nitrogens with one attached hydrogen (secondary N) is 1. The molecule has 0 aliphatic heterocycles. The van der Waals surface area contributed by atoms with E-state index < -0.39 is 0 Å². The lowest BCUT2D eigenvalue weighted by Crippen LogP contribution is -2.31. The van der Waals surface area contributed by atoms with E-state index in [0.29, 0.717) is 19.2 Å². The highest BCUT2D eigenvalue weighted by Crippen LogP contribution is 2.15. The second kappa shape index (κ2) is 7.49. The average Bonchev–Trinajstić information content (AvgIpc) is 2.27. The maximum atomic E-state index is 5.77. The van der Waals surface area contributed by atoms with Crippen molar-refractivity contribution >= 4 is 11.6 Å². The molecule has 0 heterocycles. The molecule has 0 aromatic heterocycles. The van der Waals surface area contributed by atoms with Crippen molar-refractivity contribution in [1.82, 2.24) is 5.32 Å². The lowest BCUT2D eigenvalue weighted by Gasteiger charge is -2.13. The average molecular weight is 243 g/mol. The molecule has 1 rings (SSSR count). The molecule has 1 unspecified atom stereocenters. The summed E-state index contributed by atoms with van der Waals surface area (Å²) in [5.74, 6) is 0.845. The number of ether oxygens (including phenoxy) is 1. The summed E-state index contributed by atoms with van der Waals surface area (Å²) in [6, 6.07) is 7.82.